The summed E-state index contributed by atoms with van der Waals surface area (Å²) >= 11 is 1.45. The summed E-state index contributed by atoms with van der Waals surface area (Å²) in [6, 6.07) is 11.7. The third kappa shape index (κ3) is 3.78. The molecule has 6 nitrogen and oxygen atoms in total. The van der Waals surface area contributed by atoms with Crippen LogP contribution < -0.4 is 15.4 Å². The molecule has 3 atom stereocenters. The quantitative estimate of drug-likeness (QED) is 0.831. The van der Waals surface area contributed by atoms with Gasteiger partial charge in [-0.15, -0.1) is 11.3 Å². The van der Waals surface area contributed by atoms with Crippen molar-refractivity contribution in [3.05, 3.63) is 52.2 Å². The molecule has 27 heavy (non-hydrogen) atoms. The summed E-state index contributed by atoms with van der Waals surface area (Å²) in [5.74, 6) is 1.14. The second-order valence-electron chi connectivity index (χ2n) is 7.10. The van der Waals surface area contributed by atoms with Crippen LogP contribution >= 0.6 is 11.3 Å². The number of likely N-dealkylation sites (tertiary alicyclic amines) is 1. The van der Waals surface area contributed by atoms with E-state index >= 15 is 0 Å². The first kappa shape index (κ1) is 17.9. The number of urea groups is 1. The molecule has 1 aromatic carbocycles. The molecule has 2 bridgehead atoms. The number of hydrogen-bond acceptors (Lipinski definition) is 4. The maximum Gasteiger partial charge on any atom is 0.317 e. The molecule has 0 spiro atoms. The summed E-state index contributed by atoms with van der Waals surface area (Å²) in [6.07, 6.45) is 1.79. The van der Waals surface area contributed by atoms with Gasteiger partial charge < -0.3 is 20.3 Å². The first-order chi connectivity index (χ1) is 13.1. The van der Waals surface area contributed by atoms with Gasteiger partial charge in [0.1, 0.15) is 5.75 Å². The Morgan fingerprint density at radius 3 is 2.67 bits per heavy atom. The van der Waals surface area contributed by atoms with Gasteiger partial charge >= 0.3 is 6.03 Å². The van der Waals surface area contributed by atoms with Crippen LogP contribution in [0.5, 0.6) is 5.75 Å². The van der Waals surface area contributed by atoms with Gasteiger partial charge in [-0.1, -0.05) is 18.2 Å². The Hall–Kier alpha value is -2.54. The van der Waals surface area contributed by atoms with E-state index in [-0.39, 0.29) is 24.0 Å². The Kier molecular flexibility index (Phi) is 5.03. The molecule has 0 radical (unpaired) electrons. The summed E-state index contributed by atoms with van der Waals surface area (Å²) in [7, 11) is 1.63. The van der Waals surface area contributed by atoms with Gasteiger partial charge in [0, 0.05) is 25.2 Å². The molecule has 2 aliphatic rings. The van der Waals surface area contributed by atoms with Crippen LogP contribution in [0.2, 0.25) is 0 Å². The smallest absolute Gasteiger partial charge is 0.317 e. The number of hydrogen-bond donors (Lipinski definition) is 2. The Morgan fingerprint density at radius 1 is 1.22 bits per heavy atom. The lowest BCUT2D eigenvalue weighted by atomic mass is 10.0. The van der Waals surface area contributed by atoms with E-state index in [0.29, 0.717) is 19.0 Å². The Balaban J connectivity index is 1.27. The summed E-state index contributed by atoms with van der Waals surface area (Å²) in [4.78, 5) is 27.5. The summed E-state index contributed by atoms with van der Waals surface area (Å²) in [5.41, 5.74) is 1.04. The first-order valence-electron chi connectivity index (χ1n) is 9.16. The van der Waals surface area contributed by atoms with Gasteiger partial charge in [0.2, 0.25) is 0 Å². The number of ether oxygens (including phenoxy) is 1. The Morgan fingerprint density at radius 2 is 2.04 bits per heavy atom. The third-order valence-electron chi connectivity index (χ3n) is 5.47. The third-order valence-corrected chi connectivity index (χ3v) is 6.34. The highest BCUT2D eigenvalue weighted by molar-refractivity contribution is 7.12. The van der Waals surface area contributed by atoms with Crippen LogP contribution in [-0.2, 0) is 6.54 Å². The van der Waals surface area contributed by atoms with Gasteiger partial charge in [-0.3, -0.25) is 4.79 Å². The number of methoxy groups -OCH3 is 1. The van der Waals surface area contributed by atoms with Gasteiger partial charge in [0.25, 0.3) is 5.91 Å². The molecule has 2 fully saturated rings. The Bertz CT molecular complexity index is 806. The minimum Gasteiger partial charge on any atom is -0.497 e. The number of carbonyl (C=O) groups is 2. The molecule has 1 aliphatic heterocycles. The zero-order valence-corrected chi connectivity index (χ0v) is 16.0. The van der Waals surface area contributed by atoms with Crippen LogP contribution in [0, 0.1) is 5.92 Å². The largest absolute Gasteiger partial charge is 0.497 e. The molecule has 2 N–H and O–H groups in total. The van der Waals surface area contributed by atoms with Crippen LogP contribution in [0.1, 0.15) is 28.1 Å². The molecule has 142 valence electrons. The highest BCUT2D eigenvalue weighted by atomic mass is 32.1. The fourth-order valence-electron chi connectivity index (χ4n) is 4.05. The molecule has 4 rings (SSSR count). The van der Waals surface area contributed by atoms with E-state index in [1.54, 1.807) is 7.11 Å². The molecule has 1 aliphatic carbocycles. The van der Waals surface area contributed by atoms with Crippen LogP contribution in [0.25, 0.3) is 0 Å². The molecule has 3 amide bonds. The zero-order valence-electron chi connectivity index (χ0n) is 15.2. The van der Waals surface area contributed by atoms with Crippen molar-refractivity contribution in [1.29, 1.82) is 0 Å². The van der Waals surface area contributed by atoms with E-state index in [2.05, 4.69) is 10.6 Å². The highest BCUT2D eigenvalue weighted by Crippen LogP contribution is 2.38. The molecule has 1 aromatic heterocycles. The van der Waals surface area contributed by atoms with Gasteiger partial charge in [-0.25, -0.2) is 4.79 Å². The lowest BCUT2D eigenvalue weighted by Crippen LogP contribution is -2.50. The second-order valence-corrected chi connectivity index (χ2v) is 8.05. The number of piperidine rings is 1. The zero-order chi connectivity index (χ0) is 18.8. The van der Waals surface area contributed by atoms with Crippen molar-refractivity contribution in [3.63, 3.8) is 0 Å². The van der Waals surface area contributed by atoms with E-state index in [4.69, 9.17) is 4.74 Å². The first-order valence-corrected chi connectivity index (χ1v) is 10.0. The van der Waals surface area contributed by atoms with Crippen molar-refractivity contribution >= 4 is 23.3 Å². The lowest BCUT2D eigenvalue weighted by molar-refractivity contribution is 0.0917. The van der Waals surface area contributed by atoms with Crippen LogP contribution in [0.4, 0.5) is 4.79 Å². The normalized spacial score (nSPS) is 23.3. The average molecular weight is 385 g/mol. The molecule has 1 saturated heterocycles. The van der Waals surface area contributed by atoms with Crippen molar-refractivity contribution in [2.75, 3.05) is 13.7 Å². The van der Waals surface area contributed by atoms with Gasteiger partial charge in [-0.2, -0.15) is 0 Å². The minimum absolute atomic E-state index is 0.00180. The van der Waals surface area contributed by atoms with Crippen molar-refractivity contribution in [2.24, 2.45) is 5.92 Å². The second kappa shape index (κ2) is 7.60. The van der Waals surface area contributed by atoms with E-state index in [0.717, 1.165) is 29.0 Å². The van der Waals surface area contributed by atoms with Crippen molar-refractivity contribution in [1.82, 2.24) is 15.5 Å². The lowest BCUT2D eigenvalue weighted by Gasteiger charge is -2.32. The molecule has 1 saturated carbocycles. The van der Waals surface area contributed by atoms with Crippen molar-refractivity contribution < 1.29 is 14.3 Å². The molecular formula is C20H23N3O3S. The number of benzene rings is 1. The van der Waals surface area contributed by atoms with Crippen molar-refractivity contribution in [3.8, 4) is 5.75 Å². The summed E-state index contributed by atoms with van der Waals surface area (Å²) in [6.45, 7) is 1.20. The summed E-state index contributed by atoms with van der Waals surface area (Å²) in [5, 5.41) is 8.05. The molecule has 7 heteroatoms. The number of nitrogens with one attached hydrogen (secondary N) is 2. The van der Waals surface area contributed by atoms with Gasteiger partial charge in [0.05, 0.1) is 12.0 Å². The summed E-state index contributed by atoms with van der Waals surface area (Å²) < 4.78 is 5.15. The number of thiophene rings is 1. The minimum atomic E-state index is -0.0265. The number of carbonyl (C=O) groups excluding carboxylic acids is 2. The average Bonchev–Trinajstić information content (AvgIpc) is 3.43. The van der Waals surface area contributed by atoms with Gasteiger partial charge in [0.15, 0.2) is 0 Å². The molecular weight excluding hydrogens is 362 g/mol. The fourth-order valence-corrected chi connectivity index (χ4v) is 4.68. The standard InChI is InChI=1S/C20H23N3O3S/c1-26-16-6-4-13(5-7-16)11-21-20(25)23-12-14-9-15(23)10-17(14)22-19(24)18-3-2-8-27-18/h2-8,14-15,17H,9-12H2,1H3,(H,21,25)(H,22,24). The van der Waals surface area contributed by atoms with Crippen molar-refractivity contribution in [2.45, 2.75) is 31.5 Å². The van der Waals surface area contributed by atoms with Gasteiger partial charge in [-0.05, 0) is 47.9 Å². The van der Waals surface area contributed by atoms with E-state index in [9.17, 15) is 9.59 Å². The number of nitrogens with zero attached hydrogens (tertiary/aromatic N) is 1. The number of rotatable bonds is 5. The van der Waals surface area contributed by atoms with E-state index in [1.165, 1.54) is 11.3 Å². The SMILES string of the molecule is COc1ccc(CNC(=O)N2CC3CC2CC3NC(=O)c2cccs2)cc1. The predicted molar refractivity (Wildman–Crippen MR) is 104 cm³/mol. The maximum absolute atomic E-state index is 12.6. The maximum atomic E-state index is 12.6. The monoisotopic (exact) mass is 385 g/mol. The molecule has 3 unspecified atom stereocenters. The van der Waals surface area contributed by atoms with E-state index in [1.807, 2.05) is 46.7 Å². The van der Waals surface area contributed by atoms with Crippen LogP contribution in [0.15, 0.2) is 41.8 Å². The predicted octanol–water partition coefficient (Wildman–Crippen LogP) is 2.86. The van der Waals surface area contributed by atoms with Crippen LogP contribution in [0.3, 0.4) is 0 Å². The molecule has 2 aromatic rings. The number of amides is 3. The number of fused-ring (bicyclic) bond motifs is 2. The topological polar surface area (TPSA) is 70.7 Å². The van der Waals surface area contributed by atoms with E-state index < -0.39 is 0 Å². The van der Waals surface area contributed by atoms with Crippen LogP contribution in [-0.4, -0.2) is 42.6 Å². The molecule has 2 heterocycles. The Labute approximate surface area is 162 Å². The highest BCUT2D eigenvalue weighted by Gasteiger charge is 2.47. The fraction of sp³-hybridized carbons (Fsp3) is 0.400.